The number of nitrogens with zero attached hydrogens (tertiary/aromatic N) is 1. The van der Waals surface area contributed by atoms with Gasteiger partial charge in [-0.05, 0) is 61.3 Å². The first-order chi connectivity index (χ1) is 12.2. The molecule has 1 aliphatic heterocycles. The third kappa shape index (κ3) is 4.93. The van der Waals surface area contributed by atoms with Gasteiger partial charge < -0.3 is 4.74 Å². The van der Waals surface area contributed by atoms with E-state index in [0.717, 1.165) is 32.1 Å². The first-order valence-corrected chi connectivity index (χ1v) is 8.98. The zero-order valence-corrected chi connectivity index (χ0v) is 14.4. The van der Waals surface area contributed by atoms with Gasteiger partial charge in [-0.2, -0.15) is 5.26 Å². The van der Waals surface area contributed by atoms with Crippen molar-refractivity contribution >= 4 is 5.97 Å². The molecule has 3 heteroatoms. The number of carbonyl (C=O) groups is 1. The number of hydrogen-bond acceptors (Lipinski definition) is 3. The molecule has 0 unspecified atom stereocenters. The van der Waals surface area contributed by atoms with E-state index in [1.165, 1.54) is 11.1 Å². The molecular weight excluding hydrogens is 310 g/mol. The molecule has 0 radical (unpaired) electrons. The van der Waals surface area contributed by atoms with Crippen LogP contribution in [-0.2, 0) is 16.0 Å². The van der Waals surface area contributed by atoms with E-state index in [1.807, 2.05) is 42.5 Å². The molecule has 0 aliphatic carbocycles. The van der Waals surface area contributed by atoms with Crippen molar-refractivity contribution < 1.29 is 9.53 Å². The number of aryl methyl sites for hydroxylation is 1. The Kier molecular flexibility index (Phi) is 5.85. The van der Waals surface area contributed by atoms with E-state index in [2.05, 4.69) is 18.2 Å². The van der Waals surface area contributed by atoms with Gasteiger partial charge in [-0.15, -0.1) is 0 Å². The Hall–Kier alpha value is -2.60. The molecule has 0 N–H and O–H groups in total. The lowest BCUT2D eigenvalue weighted by Crippen LogP contribution is -2.28. The highest BCUT2D eigenvalue weighted by Crippen LogP contribution is 2.32. The predicted molar refractivity (Wildman–Crippen MR) is 97.0 cm³/mol. The van der Waals surface area contributed by atoms with E-state index in [4.69, 9.17) is 10.00 Å². The van der Waals surface area contributed by atoms with E-state index < -0.39 is 0 Å². The number of benzene rings is 2. The van der Waals surface area contributed by atoms with Gasteiger partial charge in [-0.25, -0.2) is 0 Å². The Morgan fingerprint density at radius 3 is 2.52 bits per heavy atom. The van der Waals surface area contributed by atoms with Gasteiger partial charge in [0.15, 0.2) is 0 Å². The van der Waals surface area contributed by atoms with E-state index in [9.17, 15) is 4.79 Å². The second-order valence-corrected chi connectivity index (χ2v) is 6.71. The molecule has 1 heterocycles. The molecule has 0 amide bonds. The van der Waals surface area contributed by atoms with Crippen LogP contribution in [0.15, 0.2) is 54.6 Å². The maximum atomic E-state index is 11.9. The molecule has 1 fully saturated rings. The van der Waals surface area contributed by atoms with Crippen LogP contribution in [0, 0.1) is 11.3 Å². The number of esters is 1. The Morgan fingerprint density at radius 1 is 1.04 bits per heavy atom. The highest BCUT2D eigenvalue weighted by molar-refractivity contribution is 5.71. The van der Waals surface area contributed by atoms with Crippen LogP contribution in [0.3, 0.4) is 0 Å². The summed E-state index contributed by atoms with van der Waals surface area (Å²) in [4.78, 5) is 11.9. The lowest BCUT2D eigenvalue weighted by atomic mass is 9.87. The SMILES string of the molecule is N#Cc1ccc(CCCC[C@H]2C[C@H](c3ccccc3)CC(=O)O2)cc1. The minimum absolute atomic E-state index is 0.0346. The molecular formula is C22H23NO2. The summed E-state index contributed by atoms with van der Waals surface area (Å²) in [5.41, 5.74) is 3.19. The van der Waals surface area contributed by atoms with Crippen LogP contribution >= 0.6 is 0 Å². The Bertz CT molecular complexity index is 731. The number of hydrogen-bond donors (Lipinski definition) is 0. The van der Waals surface area contributed by atoms with Crippen molar-refractivity contribution in [3.8, 4) is 6.07 Å². The topological polar surface area (TPSA) is 50.1 Å². The quantitative estimate of drug-likeness (QED) is 0.565. The van der Waals surface area contributed by atoms with Crippen LogP contribution in [0.5, 0.6) is 0 Å². The fraction of sp³-hybridized carbons (Fsp3) is 0.364. The zero-order valence-electron chi connectivity index (χ0n) is 14.4. The summed E-state index contributed by atoms with van der Waals surface area (Å²) >= 11 is 0. The van der Waals surface area contributed by atoms with E-state index in [-0.39, 0.29) is 18.0 Å². The molecule has 2 atom stereocenters. The van der Waals surface area contributed by atoms with Crippen LogP contribution < -0.4 is 0 Å². The van der Waals surface area contributed by atoms with Crippen molar-refractivity contribution in [2.75, 3.05) is 0 Å². The Labute approximate surface area is 149 Å². The molecule has 128 valence electrons. The molecule has 25 heavy (non-hydrogen) atoms. The maximum Gasteiger partial charge on any atom is 0.306 e. The van der Waals surface area contributed by atoms with Crippen molar-refractivity contribution in [1.29, 1.82) is 5.26 Å². The van der Waals surface area contributed by atoms with Gasteiger partial charge in [0.2, 0.25) is 0 Å². The molecule has 0 bridgehead atoms. The van der Waals surface area contributed by atoms with Crippen molar-refractivity contribution in [2.45, 2.75) is 50.5 Å². The van der Waals surface area contributed by atoms with Crippen molar-refractivity contribution in [1.82, 2.24) is 0 Å². The van der Waals surface area contributed by atoms with Crippen LogP contribution in [-0.4, -0.2) is 12.1 Å². The van der Waals surface area contributed by atoms with Crippen molar-refractivity contribution in [3.63, 3.8) is 0 Å². The number of nitriles is 1. The van der Waals surface area contributed by atoms with Crippen molar-refractivity contribution in [2.24, 2.45) is 0 Å². The van der Waals surface area contributed by atoms with Gasteiger partial charge in [-0.1, -0.05) is 42.5 Å². The fourth-order valence-corrected chi connectivity index (χ4v) is 3.49. The predicted octanol–water partition coefficient (Wildman–Crippen LogP) is 4.76. The van der Waals surface area contributed by atoms with Crippen LogP contribution in [0.1, 0.15) is 54.7 Å². The second-order valence-electron chi connectivity index (χ2n) is 6.71. The molecule has 0 saturated carbocycles. The van der Waals surface area contributed by atoms with E-state index in [0.29, 0.717) is 12.0 Å². The van der Waals surface area contributed by atoms with Gasteiger partial charge in [0, 0.05) is 0 Å². The summed E-state index contributed by atoms with van der Waals surface area (Å²) in [6.07, 6.45) is 5.47. The largest absolute Gasteiger partial charge is 0.462 e. The summed E-state index contributed by atoms with van der Waals surface area (Å²) in [5, 5.41) is 8.82. The summed E-state index contributed by atoms with van der Waals surface area (Å²) in [6, 6.07) is 20.2. The summed E-state index contributed by atoms with van der Waals surface area (Å²) < 4.78 is 5.55. The highest BCUT2D eigenvalue weighted by Gasteiger charge is 2.29. The van der Waals surface area contributed by atoms with Gasteiger partial charge in [-0.3, -0.25) is 4.79 Å². The molecule has 0 spiro atoms. The number of rotatable bonds is 6. The van der Waals surface area contributed by atoms with Crippen LogP contribution in [0.25, 0.3) is 0 Å². The second kappa shape index (κ2) is 8.48. The number of unbranched alkanes of at least 4 members (excludes halogenated alkanes) is 1. The molecule has 3 nitrogen and oxygen atoms in total. The smallest absolute Gasteiger partial charge is 0.306 e. The Balaban J connectivity index is 1.46. The fourth-order valence-electron chi connectivity index (χ4n) is 3.49. The maximum absolute atomic E-state index is 11.9. The first kappa shape index (κ1) is 17.2. The van der Waals surface area contributed by atoms with Gasteiger partial charge in [0.05, 0.1) is 18.1 Å². The third-order valence-corrected chi connectivity index (χ3v) is 4.85. The van der Waals surface area contributed by atoms with E-state index >= 15 is 0 Å². The standard InChI is InChI=1S/C22H23NO2/c23-16-18-12-10-17(11-13-18)6-4-5-9-21-14-20(15-22(24)25-21)19-7-2-1-3-8-19/h1-3,7-8,10-13,20-21H,4-6,9,14-15H2/t20-,21-/m0/s1. The average molecular weight is 333 g/mol. The van der Waals surface area contributed by atoms with Gasteiger partial charge >= 0.3 is 5.97 Å². The number of ether oxygens (including phenoxy) is 1. The summed E-state index contributed by atoms with van der Waals surface area (Å²) in [5.74, 6) is 0.211. The molecule has 0 aromatic heterocycles. The highest BCUT2D eigenvalue weighted by atomic mass is 16.5. The zero-order chi connectivity index (χ0) is 17.5. The van der Waals surface area contributed by atoms with Gasteiger partial charge in [0.25, 0.3) is 0 Å². The first-order valence-electron chi connectivity index (χ1n) is 8.98. The number of carbonyl (C=O) groups excluding carboxylic acids is 1. The average Bonchev–Trinajstić information content (AvgIpc) is 2.66. The summed E-state index contributed by atoms with van der Waals surface area (Å²) in [6.45, 7) is 0. The minimum atomic E-state index is -0.0720. The van der Waals surface area contributed by atoms with E-state index in [1.54, 1.807) is 0 Å². The molecule has 1 saturated heterocycles. The summed E-state index contributed by atoms with van der Waals surface area (Å²) in [7, 11) is 0. The molecule has 3 rings (SSSR count). The monoisotopic (exact) mass is 333 g/mol. The Morgan fingerprint density at radius 2 is 1.80 bits per heavy atom. The lowest BCUT2D eigenvalue weighted by Gasteiger charge is -2.29. The molecule has 2 aromatic carbocycles. The molecule has 1 aliphatic rings. The molecule has 2 aromatic rings. The number of cyclic esters (lactones) is 1. The lowest BCUT2D eigenvalue weighted by molar-refractivity contribution is -0.155. The van der Waals surface area contributed by atoms with Gasteiger partial charge in [0.1, 0.15) is 6.10 Å². The third-order valence-electron chi connectivity index (χ3n) is 4.85. The van der Waals surface area contributed by atoms with Crippen LogP contribution in [0.2, 0.25) is 0 Å². The normalized spacial score (nSPS) is 19.9. The minimum Gasteiger partial charge on any atom is -0.462 e. The van der Waals surface area contributed by atoms with Crippen molar-refractivity contribution in [3.05, 3.63) is 71.3 Å². The van der Waals surface area contributed by atoms with Crippen LogP contribution in [0.4, 0.5) is 0 Å².